The number of piperidine rings is 1. The summed E-state index contributed by atoms with van der Waals surface area (Å²) in [6.45, 7) is 9.84. The Morgan fingerprint density at radius 3 is 2.49 bits per heavy atom. The lowest BCUT2D eigenvalue weighted by Crippen LogP contribution is -2.62. The fraction of sp³-hybridized carbons (Fsp3) is 0.853. The molecule has 0 spiro atoms. The maximum atomic E-state index is 13.9. The molecule has 3 rings (SSSR count). The van der Waals surface area contributed by atoms with Gasteiger partial charge < -0.3 is 34.1 Å². The molecule has 0 bridgehead atoms. The van der Waals surface area contributed by atoms with Crippen molar-refractivity contribution in [2.24, 2.45) is 17.8 Å². The Bertz CT molecular complexity index is 1040. The number of unbranched alkanes of at least 4 members (excludes halogenated alkanes) is 1. The van der Waals surface area contributed by atoms with Gasteiger partial charge in [-0.15, -0.1) is 0 Å². The number of halogens is 1. The van der Waals surface area contributed by atoms with Gasteiger partial charge in [-0.1, -0.05) is 62.3 Å². The van der Waals surface area contributed by atoms with Crippen molar-refractivity contribution in [1.82, 2.24) is 4.90 Å². The van der Waals surface area contributed by atoms with Crippen LogP contribution in [-0.4, -0.2) is 99.8 Å². The van der Waals surface area contributed by atoms with E-state index >= 15 is 0 Å². The minimum atomic E-state index is -2.24. The number of likely N-dealkylation sites (tertiary alicyclic amines) is 1. The van der Waals surface area contributed by atoms with Crippen molar-refractivity contribution in [3.63, 3.8) is 0 Å². The van der Waals surface area contributed by atoms with Crippen molar-refractivity contribution in [3.8, 4) is 0 Å². The number of carbonyl (C=O) groups excluding carboxylic acids is 3. The molecule has 45 heavy (non-hydrogen) atoms. The van der Waals surface area contributed by atoms with Gasteiger partial charge in [0.1, 0.15) is 12.1 Å². The molecular formula is C34H56INO9. The number of aliphatic hydroxyl groups excluding tert-OH is 1. The van der Waals surface area contributed by atoms with Crippen molar-refractivity contribution in [1.29, 1.82) is 0 Å². The molecule has 0 aromatic rings. The van der Waals surface area contributed by atoms with E-state index in [0.29, 0.717) is 44.9 Å². The minimum absolute atomic E-state index is 0.119. The van der Waals surface area contributed by atoms with Crippen molar-refractivity contribution in [3.05, 3.63) is 11.6 Å². The average molecular weight is 750 g/mol. The number of ether oxygens (including phenoxy) is 4. The van der Waals surface area contributed by atoms with Gasteiger partial charge in [-0.2, -0.15) is 0 Å². The van der Waals surface area contributed by atoms with Gasteiger partial charge in [0.25, 0.3) is 11.7 Å². The van der Waals surface area contributed by atoms with Crippen LogP contribution < -0.4 is 0 Å². The van der Waals surface area contributed by atoms with E-state index in [-0.39, 0.29) is 40.6 Å². The molecule has 0 unspecified atom stereocenters. The number of allylic oxidation sites excluding steroid dienone is 1. The number of amides is 1. The molecule has 2 N–H and O–H groups in total. The highest BCUT2D eigenvalue weighted by Crippen LogP contribution is 2.39. The monoisotopic (exact) mass is 749 g/mol. The Morgan fingerprint density at radius 1 is 1.13 bits per heavy atom. The largest absolute Gasteiger partial charge is 0.456 e. The zero-order valence-corrected chi connectivity index (χ0v) is 30.4. The zero-order chi connectivity index (χ0) is 33.5. The standard InChI is InChI=1S/C34H56INO9/c1-8-9-13-28-25(35)18-21(3)34(41,45-28)31(38)32(39)36-16-11-10-12-26(36)33(40)44-30(22(4)23(5)42-6)20(2)17-24-14-15-27(37)29(19-24)43-7/h17,21-30,37,41H,8-16,18-19H2,1-7H3/b20-17+/t21-,22-,23+,24+,25+,26+,27-,28-,29-,30-,34-/m1/s1. The average Bonchev–Trinajstić information content (AvgIpc) is 3.03. The van der Waals surface area contributed by atoms with Crippen LogP contribution in [0.25, 0.3) is 0 Å². The first-order valence-electron chi connectivity index (χ1n) is 16.8. The lowest BCUT2D eigenvalue weighted by atomic mass is 9.82. The molecule has 3 fully saturated rings. The normalized spacial score (nSPS) is 34.9. The molecule has 2 saturated heterocycles. The third-order valence-electron chi connectivity index (χ3n) is 10.3. The summed E-state index contributed by atoms with van der Waals surface area (Å²) in [6.07, 6.45) is 7.05. The van der Waals surface area contributed by atoms with Crippen LogP contribution >= 0.6 is 22.6 Å². The lowest BCUT2D eigenvalue weighted by molar-refractivity contribution is -0.260. The SMILES string of the molecule is CCCC[C@H]1O[C@@](O)(C(=O)C(=O)N2CCCC[C@H]2C(=O)O[C@H](/C(C)=C/[C@@H]2CC[C@@H](O)[C@H](OC)C2)[C@H](C)[C@H](C)OC)[C@H](C)C[C@@H]1I. The number of alkyl halides is 1. The van der Waals surface area contributed by atoms with Gasteiger partial charge in [0.15, 0.2) is 0 Å². The van der Waals surface area contributed by atoms with Crippen molar-refractivity contribution in [2.75, 3.05) is 20.8 Å². The molecule has 0 aromatic heterocycles. The van der Waals surface area contributed by atoms with E-state index in [1.54, 1.807) is 21.1 Å². The van der Waals surface area contributed by atoms with E-state index in [4.69, 9.17) is 18.9 Å². The molecule has 0 aromatic carbocycles. The lowest BCUT2D eigenvalue weighted by Gasteiger charge is -2.44. The molecule has 1 amide bonds. The highest BCUT2D eigenvalue weighted by Gasteiger charge is 2.54. The van der Waals surface area contributed by atoms with E-state index < -0.39 is 47.6 Å². The molecule has 11 heteroatoms. The highest BCUT2D eigenvalue weighted by molar-refractivity contribution is 14.1. The summed E-state index contributed by atoms with van der Waals surface area (Å²) in [6, 6.07) is -0.950. The Labute approximate surface area is 283 Å². The summed E-state index contributed by atoms with van der Waals surface area (Å²) in [4.78, 5) is 42.7. The van der Waals surface area contributed by atoms with E-state index in [9.17, 15) is 24.6 Å². The first-order valence-corrected chi connectivity index (χ1v) is 18.1. The van der Waals surface area contributed by atoms with Gasteiger partial charge >= 0.3 is 5.97 Å². The molecule has 1 saturated carbocycles. The Hall–Kier alpha value is -1.12. The Balaban J connectivity index is 1.81. The number of hydrogen-bond acceptors (Lipinski definition) is 9. The number of Topliss-reactive ketones (excluding diaryl/α,β-unsaturated/α-hetero) is 1. The quantitative estimate of drug-likeness (QED) is 0.0901. The van der Waals surface area contributed by atoms with Crippen molar-refractivity contribution in [2.45, 2.75) is 145 Å². The summed E-state index contributed by atoms with van der Waals surface area (Å²) < 4.78 is 23.4. The Kier molecular flexibility index (Phi) is 14.8. The van der Waals surface area contributed by atoms with E-state index in [0.717, 1.165) is 24.8 Å². The molecule has 2 aliphatic heterocycles. The van der Waals surface area contributed by atoms with Gasteiger partial charge in [0.05, 0.1) is 24.4 Å². The second kappa shape index (κ2) is 17.3. The fourth-order valence-corrected chi connectivity index (χ4v) is 8.26. The molecule has 10 nitrogen and oxygen atoms in total. The maximum Gasteiger partial charge on any atom is 0.329 e. The van der Waals surface area contributed by atoms with Crippen LogP contribution in [0.15, 0.2) is 11.6 Å². The second-order valence-corrected chi connectivity index (χ2v) is 15.1. The molecule has 258 valence electrons. The van der Waals surface area contributed by atoms with Gasteiger partial charge in [0.2, 0.25) is 5.79 Å². The molecule has 1 aliphatic carbocycles. The number of methoxy groups -OCH3 is 2. The maximum absolute atomic E-state index is 13.9. The first kappa shape index (κ1) is 38.3. The van der Waals surface area contributed by atoms with Crippen LogP contribution in [0.2, 0.25) is 0 Å². The summed E-state index contributed by atoms with van der Waals surface area (Å²) >= 11 is 2.30. The predicted molar refractivity (Wildman–Crippen MR) is 179 cm³/mol. The van der Waals surface area contributed by atoms with Crippen LogP contribution in [0, 0.1) is 17.8 Å². The number of aliphatic hydroxyl groups is 2. The zero-order valence-electron chi connectivity index (χ0n) is 28.2. The van der Waals surface area contributed by atoms with E-state index in [1.807, 2.05) is 20.8 Å². The van der Waals surface area contributed by atoms with Crippen LogP contribution in [0.5, 0.6) is 0 Å². The third-order valence-corrected chi connectivity index (χ3v) is 11.6. The van der Waals surface area contributed by atoms with Crippen LogP contribution in [-0.2, 0) is 33.3 Å². The smallest absolute Gasteiger partial charge is 0.329 e. The topological polar surface area (TPSA) is 132 Å². The Morgan fingerprint density at radius 2 is 1.84 bits per heavy atom. The number of nitrogens with zero attached hydrogens (tertiary/aromatic N) is 1. The second-order valence-electron chi connectivity index (χ2n) is 13.5. The predicted octanol–water partition coefficient (Wildman–Crippen LogP) is 4.75. The van der Waals surface area contributed by atoms with Crippen molar-refractivity contribution >= 4 is 40.3 Å². The molecule has 3 aliphatic rings. The highest BCUT2D eigenvalue weighted by atomic mass is 127. The number of ketones is 1. The minimum Gasteiger partial charge on any atom is -0.456 e. The number of carbonyl (C=O) groups is 3. The van der Waals surface area contributed by atoms with Crippen LogP contribution in [0.1, 0.15) is 98.8 Å². The van der Waals surface area contributed by atoms with Crippen LogP contribution in [0.4, 0.5) is 0 Å². The number of hydrogen-bond donors (Lipinski definition) is 2. The number of esters is 1. The third kappa shape index (κ3) is 9.28. The summed E-state index contributed by atoms with van der Waals surface area (Å²) in [5, 5.41) is 21.8. The fourth-order valence-electron chi connectivity index (χ4n) is 6.99. The summed E-state index contributed by atoms with van der Waals surface area (Å²) in [7, 11) is 3.22. The van der Waals surface area contributed by atoms with Crippen LogP contribution in [0.3, 0.4) is 0 Å². The molecular weight excluding hydrogens is 693 g/mol. The van der Waals surface area contributed by atoms with Gasteiger partial charge in [-0.25, -0.2) is 4.79 Å². The summed E-state index contributed by atoms with van der Waals surface area (Å²) in [5.41, 5.74) is 0.867. The number of rotatable bonds is 13. The molecule has 2 heterocycles. The summed E-state index contributed by atoms with van der Waals surface area (Å²) in [5.74, 6) is -5.35. The van der Waals surface area contributed by atoms with E-state index in [2.05, 4.69) is 35.6 Å². The van der Waals surface area contributed by atoms with E-state index in [1.165, 1.54) is 4.90 Å². The molecule has 0 radical (unpaired) electrons. The first-order chi connectivity index (χ1) is 21.3. The van der Waals surface area contributed by atoms with Gasteiger partial charge in [-0.3, -0.25) is 9.59 Å². The molecule has 11 atom stereocenters. The van der Waals surface area contributed by atoms with Gasteiger partial charge in [0, 0.05) is 36.5 Å². The van der Waals surface area contributed by atoms with Gasteiger partial charge in [-0.05, 0) is 76.7 Å². The van der Waals surface area contributed by atoms with Crippen molar-refractivity contribution < 1.29 is 43.5 Å².